The van der Waals surface area contributed by atoms with Crippen molar-refractivity contribution in [2.24, 2.45) is 5.41 Å². The smallest absolute Gasteiger partial charge is 0.303 e. The summed E-state index contributed by atoms with van der Waals surface area (Å²) in [4.78, 5) is 22.5. The Kier molecular flexibility index (Phi) is 7.04. The van der Waals surface area contributed by atoms with Gasteiger partial charge in [0, 0.05) is 11.8 Å². The fourth-order valence-electron chi connectivity index (χ4n) is 1.72. The summed E-state index contributed by atoms with van der Waals surface area (Å²) >= 11 is 0. The van der Waals surface area contributed by atoms with Crippen molar-refractivity contribution in [3.63, 3.8) is 0 Å². The van der Waals surface area contributed by atoms with E-state index < -0.39 is 5.97 Å². The summed E-state index contributed by atoms with van der Waals surface area (Å²) in [5, 5.41) is 11.7. The van der Waals surface area contributed by atoms with Crippen LogP contribution in [0.25, 0.3) is 0 Å². The number of carboxylic acid groups (broad SMARTS) is 1. The van der Waals surface area contributed by atoms with Crippen molar-refractivity contribution in [3.8, 4) is 0 Å². The summed E-state index contributed by atoms with van der Waals surface area (Å²) in [5.74, 6) is -0.568. The van der Waals surface area contributed by atoms with Gasteiger partial charge < -0.3 is 10.4 Å². The number of ketones is 1. The zero-order chi connectivity index (χ0) is 13.5. The molecule has 2 N–H and O–H groups in total. The van der Waals surface area contributed by atoms with Crippen molar-refractivity contribution in [3.05, 3.63) is 0 Å². The highest BCUT2D eigenvalue weighted by Gasteiger charge is 2.28. The van der Waals surface area contributed by atoms with Crippen molar-refractivity contribution in [1.82, 2.24) is 5.32 Å². The van der Waals surface area contributed by atoms with E-state index in [1.165, 1.54) is 0 Å². The molecule has 0 unspecified atom stereocenters. The lowest BCUT2D eigenvalue weighted by Crippen LogP contribution is -2.42. The summed E-state index contributed by atoms with van der Waals surface area (Å²) in [6.45, 7) is 8.47. The van der Waals surface area contributed by atoms with Gasteiger partial charge in [0.05, 0.1) is 6.04 Å². The standard InChI is InChI=1S/C13H25NO3/c1-5-14-10(12(17)13(2,3)4)8-6-7-9-11(15)16/h10,14H,5-9H2,1-4H3,(H,15,16)/t10-/m0/s1. The first-order chi connectivity index (χ1) is 7.79. The van der Waals surface area contributed by atoms with Crippen LogP contribution in [0, 0.1) is 5.41 Å². The Labute approximate surface area is 104 Å². The molecule has 0 aromatic heterocycles. The molecular formula is C13H25NO3. The van der Waals surface area contributed by atoms with Gasteiger partial charge in [-0.3, -0.25) is 9.59 Å². The Balaban J connectivity index is 4.16. The van der Waals surface area contributed by atoms with E-state index in [9.17, 15) is 9.59 Å². The number of hydrogen-bond donors (Lipinski definition) is 2. The average Bonchev–Trinajstić information content (AvgIpc) is 2.20. The summed E-state index contributed by atoms with van der Waals surface area (Å²) in [7, 11) is 0. The molecule has 0 aliphatic heterocycles. The zero-order valence-electron chi connectivity index (χ0n) is 11.4. The summed E-state index contributed by atoms with van der Waals surface area (Å²) in [6, 6.07) is -0.145. The third-order valence-electron chi connectivity index (χ3n) is 2.64. The van der Waals surface area contributed by atoms with Crippen LogP contribution < -0.4 is 5.32 Å². The first-order valence-corrected chi connectivity index (χ1v) is 6.28. The van der Waals surface area contributed by atoms with E-state index in [4.69, 9.17) is 5.11 Å². The molecule has 1 atom stereocenters. The number of rotatable bonds is 8. The Hall–Kier alpha value is -0.900. The van der Waals surface area contributed by atoms with E-state index in [2.05, 4.69) is 5.32 Å². The second-order valence-corrected chi connectivity index (χ2v) is 5.36. The minimum Gasteiger partial charge on any atom is -0.481 e. The molecule has 0 aliphatic rings. The average molecular weight is 243 g/mol. The fourth-order valence-corrected chi connectivity index (χ4v) is 1.72. The largest absolute Gasteiger partial charge is 0.481 e. The van der Waals surface area contributed by atoms with Crippen molar-refractivity contribution in [2.75, 3.05) is 6.54 Å². The molecule has 0 bridgehead atoms. The van der Waals surface area contributed by atoms with E-state index in [-0.39, 0.29) is 23.7 Å². The van der Waals surface area contributed by atoms with Crippen LogP contribution in [0.5, 0.6) is 0 Å². The molecular weight excluding hydrogens is 218 g/mol. The minimum absolute atomic E-state index is 0.145. The molecule has 4 heteroatoms. The lowest BCUT2D eigenvalue weighted by molar-refractivity contribution is -0.137. The van der Waals surface area contributed by atoms with Gasteiger partial charge in [-0.15, -0.1) is 0 Å². The van der Waals surface area contributed by atoms with Crippen LogP contribution in [-0.2, 0) is 9.59 Å². The number of nitrogens with one attached hydrogen (secondary N) is 1. The van der Waals surface area contributed by atoms with Gasteiger partial charge in [0.1, 0.15) is 0 Å². The molecule has 4 nitrogen and oxygen atoms in total. The van der Waals surface area contributed by atoms with Gasteiger partial charge in [-0.25, -0.2) is 0 Å². The Morgan fingerprint density at radius 3 is 2.24 bits per heavy atom. The number of aliphatic carboxylic acids is 1. The van der Waals surface area contributed by atoms with Gasteiger partial charge in [0.2, 0.25) is 0 Å². The van der Waals surface area contributed by atoms with Gasteiger partial charge in [-0.05, 0) is 19.4 Å². The normalized spacial score (nSPS) is 13.4. The molecule has 0 saturated heterocycles. The maximum Gasteiger partial charge on any atom is 0.303 e. The van der Waals surface area contributed by atoms with Gasteiger partial charge >= 0.3 is 5.97 Å². The second kappa shape index (κ2) is 7.43. The van der Waals surface area contributed by atoms with E-state index in [0.29, 0.717) is 6.42 Å². The molecule has 0 aliphatic carbocycles. The van der Waals surface area contributed by atoms with Crippen LogP contribution in [0.4, 0.5) is 0 Å². The molecule has 100 valence electrons. The second-order valence-electron chi connectivity index (χ2n) is 5.36. The lowest BCUT2D eigenvalue weighted by atomic mass is 9.84. The van der Waals surface area contributed by atoms with E-state index in [0.717, 1.165) is 19.4 Å². The minimum atomic E-state index is -0.771. The SMILES string of the molecule is CCN[C@@H](CCCCC(=O)O)C(=O)C(C)(C)C. The molecule has 0 heterocycles. The van der Waals surface area contributed by atoms with E-state index >= 15 is 0 Å². The van der Waals surface area contributed by atoms with Crippen LogP contribution in [0.3, 0.4) is 0 Å². The third-order valence-corrected chi connectivity index (χ3v) is 2.64. The van der Waals surface area contributed by atoms with Crippen molar-refractivity contribution < 1.29 is 14.7 Å². The molecule has 0 aromatic rings. The summed E-state index contributed by atoms with van der Waals surface area (Å²) < 4.78 is 0. The van der Waals surface area contributed by atoms with Crippen molar-refractivity contribution >= 4 is 11.8 Å². The van der Waals surface area contributed by atoms with Crippen LogP contribution in [0.15, 0.2) is 0 Å². The number of unbranched alkanes of at least 4 members (excludes halogenated alkanes) is 1. The van der Waals surface area contributed by atoms with Gasteiger partial charge in [0.25, 0.3) is 0 Å². The molecule has 0 amide bonds. The Morgan fingerprint density at radius 2 is 1.82 bits per heavy atom. The zero-order valence-corrected chi connectivity index (χ0v) is 11.4. The van der Waals surface area contributed by atoms with Gasteiger partial charge in [-0.2, -0.15) is 0 Å². The predicted octanol–water partition coefficient (Wildman–Crippen LogP) is 2.22. The van der Waals surface area contributed by atoms with Crippen LogP contribution in [0.1, 0.15) is 53.4 Å². The molecule has 0 aromatic carbocycles. The van der Waals surface area contributed by atoms with Gasteiger partial charge in [-0.1, -0.05) is 34.1 Å². The topological polar surface area (TPSA) is 66.4 Å². The quantitative estimate of drug-likeness (QED) is 0.641. The first-order valence-electron chi connectivity index (χ1n) is 6.28. The highest BCUT2D eigenvalue weighted by atomic mass is 16.4. The summed E-state index contributed by atoms with van der Waals surface area (Å²) in [6.07, 6.45) is 2.31. The van der Waals surface area contributed by atoms with Crippen molar-refractivity contribution in [2.45, 2.75) is 59.4 Å². The number of Topliss-reactive ketones (excluding diaryl/α,β-unsaturated/α-hetero) is 1. The van der Waals surface area contributed by atoms with Crippen LogP contribution in [-0.4, -0.2) is 29.4 Å². The maximum atomic E-state index is 12.1. The molecule has 0 saturated carbocycles. The highest BCUT2D eigenvalue weighted by Crippen LogP contribution is 2.19. The molecule has 0 radical (unpaired) electrons. The number of carboxylic acids is 1. The van der Waals surface area contributed by atoms with E-state index in [1.807, 2.05) is 27.7 Å². The third kappa shape index (κ3) is 7.10. The number of likely N-dealkylation sites (N-methyl/N-ethyl adjacent to an activating group) is 1. The number of hydrogen-bond acceptors (Lipinski definition) is 3. The molecule has 0 rings (SSSR count). The monoisotopic (exact) mass is 243 g/mol. The highest BCUT2D eigenvalue weighted by molar-refractivity contribution is 5.88. The molecule has 17 heavy (non-hydrogen) atoms. The van der Waals surface area contributed by atoms with Crippen molar-refractivity contribution in [1.29, 1.82) is 0 Å². The van der Waals surface area contributed by atoms with E-state index in [1.54, 1.807) is 0 Å². The number of carbonyl (C=O) groups excluding carboxylic acids is 1. The summed E-state index contributed by atoms with van der Waals surface area (Å²) in [5.41, 5.74) is -0.348. The first kappa shape index (κ1) is 16.1. The van der Waals surface area contributed by atoms with Crippen LogP contribution >= 0.6 is 0 Å². The number of carbonyl (C=O) groups is 2. The Bertz CT molecular complexity index is 256. The predicted molar refractivity (Wildman–Crippen MR) is 68.0 cm³/mol. The van der Waals surface area contributed by atoms with Crippen LogP contribution in [0.2, 0.25) is 0 Å². The molecule has 0 fully saturated rings. The maximum absolute atomic E-state index is 12.1. The molecule has 0 spiro atoms. The fraction of sp³-hybridized carbons (Fsp3) is 0.846. The lowest BCUT2D eigenvalue weighted by Gasteiger charge is -2.25. The van der Waals surface area contributed by atoms with Gasteiger partial charge in [0.15, 0.2) is 5.78 Å². The Morgan fingerprint density at radius 1 is 1.24 bits per heavy atom.